The first-order valence-corrected chi connectivity index (χ1v) is 8.98. The molecule has 0 saturated carbocycles. The fourth-order valence-electron chi connectivity index (χ4n) is 2.91. The normalized spacial score (nSPS) is 19.2. The van der Waals surface area contributed by atoms with Crippen molar-refractivity contribution in [2.75, 3.05) is 26.7 Å². The summed E-state index contributed by atoms with van der Waals surface area (Å²) >= 11 is 0. The van der Waals surface area contributed by atoms with Gasteiger partial charge in [-0.05, 0) is 30.4 Å². The van der Waals surface area contributed by atoms with Gasteiger partial charge in [-0.25, -0.2) is 4.98 Å². The average Bonchev–Trinajstić information content (AvgIpc) is 2.94. The number of quaternary nitrogens is 1. The maximum Gasteiger partial charge on any atom is 0.291 e. The second-order valence-corrected chi connectivity index (χ2v) is 6.15. The predicted octanol–water partition coefficient (Wildman–Crippen LogP) is -0.803. The Morgan fingerprint density at radius 1 is 1.44 bits per heavy atom. The Kier molecular flexibility index (Phi) is 6.52. The van der Waals surface area contributed by atoms with Crippen molar-refractivity contribution in [3.05, 3.63) is 83.2 Å². The number of allylic oxidation sites excluding steroid dienone is 4. The van der Waals surface area contributed by atoms with E-state index in [2.05, 4.69) is 38.2 Å². The summed E-state index contributed by atoms with van der Waals surface area (Å²) in [6.07, 6.45) is 13.7. The van der Waals surface area contributed by atoms with Gasteiger partial charge in [-0.15, -0.1) is 0 Å². The number of ether oxygens (including phenoxy) is 1. The molecule has 1 aromatic heterocycles. The number of dihydropyridines is 1. The first-order valence-electron chi connectivity index (χ1n) is 8.98. The zero-order valence-electron chi connectivity index (χ0n) is 15.4. The molecule has 138 valence electrons. The highest BCUT2D eigenvalue weighted by molar-refractivity contribution is 5.90. The number of nitrogen functional groups attached to an aromatic ring is 1. The highest BCUT2D eigenvalue weighted by Crippen LogP contribution is 2.25. The molecule has 1 unspecified atom stereocenters. The fraction of sp³-hybridized carbons (Fsp3) is 0.238. The maximum absolute atomic E-state index is 6.03. The second-order valence-electron chi connectivity index (χ2n) is 6.15. The third kappa shape index (κ3) is 5.14. The molecule has 3 rings (SSSR count). The molecule has 6 nitrogen and oxygen atoms in total. The minimum Gasteiger partial charge on any atom is -0.496 e. The molecule has 27 heavy (non-hydrogen) atoms. The lowest BCUT2D eigenvalue weighted by molar-refractivity contribution is -0.632. The first kappa shape index (κ1) is 18.6. The van der Waals surface area contributed by atoms with Gasteiger partial charge in [0, 0.05) is 36.5 Å². The Bertz CT molecular complexity index is 871. The molecule has 1 aromatic rings. The summed E-state index contributed by atoms with van der Waals surface area (Å²) in [5.74, 6) is 1.66. The summed E-state index contributed by atoms with van der Waals surface area (Å²) in [6, 6.07) is 5.67. The number of aromatic nitrogens is 1. The Hall–Kier alpha value is -3.21. The molecule has 2 aliphatic rings. The van der Waals surface area contributed by atoms with Gasteiger partial charge in [0.15, 0.2) is 11.4 Å². The van der Waals surface area contributed by atoms with Gasteiger partial charge in [-0.2, -0.15) is 0 Å². The number of pyridine rings is 1. The molecule has 0 saturated heterocycles. The molecular formula is C21H25N5O+2. The van der Waals surface area contributed by atoms with E-state index in [4.69, 9.17) is 10.5 Å². The van der Waals surface area contributed by atoms with Crippen LogP contribution < -0.4 is 16.0 Å². The van der Waals surface area contributed by atoms with Gasteiger partial charge in [-0.3, -0.25) is 15.7 Å². The second kappa shape index (κ2) is 9.48. The van der Waals surface area contributed by atoms with Gasteiger partial charge in [-0.1, -0.05) is 17.9 Å². The van der Waals surface area contributed by atoms with Crippen LogP contribution in [0.2, 0.25) is 0 Å². The van der Waals surface area contributed by atoms with E-state index in [-0.39, 0.29) is 5.92 Å². The van der Waals surface area contributed by atoms with Crippen LogP contribution in [0.1, 0.15) is 5.69 Å². The third-order valence-electron chi connectivity index (χ3n) is 4.31. The monoisotopic (exact) mass is 363 g/mol. The van der Waals surface area contributed by atoms with Crippen molar-refractivity contribution in [2.24, 2.45) is 16.6 Å². The van der Waals surface area contributed by atoms with E-state index >= 15 is 0 Å². The van der Waals surface area contributed by atoms with Crippen LogP contribution in [0.4, 0.5) is 0 Å². The molecule has 0 amide bonds. The number of nitrogens with two attached hydrogens (primary N) is 2. The van der Waals surface area contributed by atoms with Gasteiger partial charge in [0.05, 0.1) is 7.11 Å². The number of nitrogens with one attached hydrogen (secondary N) is 1. The molecular weight excluding hydrogens is 338 g/mol. The van der Waals surface area contributed by atoms with Crippen molar-refractivity contribution >= 4 is 12.1 Å². The van der Waals surface area contributed by atoms with Crippen LogP contribution in [0.5, 0.6) is 0 Å². The fourth-order valence-corrected chi connectivity index (χ4v) is 2.91. The minimum absolute atomic E-state index is 0.230. The third-order valence-corrected chi connectivity index (χ3v) is 4.31. The molecule has 0 aromatic carbocycles. The van der Waals surface area contributed by atoms with Crippen molar-refractivity contribution in [1.82, 2.24) is 4.98 Å². The predicted molar refractivity (Wildman–Crippen MR) is 106 cm³/mol. The zero-order chi connectivity index (χ0) is 18.9. The molecule has 0 spiro atoms. The lowest BCUT2D eigenvalue weighted by atomic mass is 9.95. The summed E-state index contributed by atoms with van der Waals surface area (Å²) in [5, 5.41) is 2.11. The van der Waals surface area contributed by atoms with Gasteiger partial charge < -0.3 is 10.1 Å². The summed E-state index contributed by atoms with van der Waals surface area (Å²) in [7, 11) is 1.70. The lowest BCUT2D eigenvalue weighted by Gasteiger charge is -2.18. The van der Waals surface area contributed by atoms with Crippen molar-refractivity contribution in [2.45, 2.75) is 0 Å². The number of methoxy groups -OCH3 is 1. The maximum atomic E-state index is 6.03. The number of hydrogen-bond acceptors (Lipinski definition) is 3. The van der Waals surface area contributed by atoms with E-state index in [1.54, 1.807) is 13.3 Å². The summed E-state index contributed by atoms with van der Waals surface area (Å²) < 4.78 is 5.63. The van der Waals surface area contributed by atoms with Crippen LogP contribution in [0, 0.1) is 5.92 Å². The summed E-state index contributed by atoms with van der Waals surface area (Å²) in [4.78, 5) is 11.8. The van der Waals surface area contributed by atoms with Gasteiger partial charge in [0.25, 0.3) is 5.84 Å². The first-order chi connectivity index (χ1) is 13.3. The molecule has 1 aliphatic carbocycles. The molecule has 1 atom stereocenters. The van der Waals surface area contributed by atoms with Crippen LogP contribution in [0.3, 0.4) is 0 Å². The van der Waals surface area contributed by atoms with E-state index < -0.39 is 0 Å². The Morgan fingerprint density at radius 2 is 2.37 bits per heavy atom. The molecule has 0 radical (unpaired) electrons. The topological polar surface area (TPSA) is 91.1 Å². The van der Waals surface area contributed by atoms with E-state index in [1.807, 2.05) is 42.6 Å². The molecule has 5 N–H and O–H groups in total. The lowest BCUT2D eigenvalue weighted by Crippen LogP contribution is -2.89. The quantitative estimate of drug-likeness (QED) is 0.256. The molecule has 6 heteroatoms. The van der Waals surface area contributed by atoms with Crippen molar-refractivity contribution in [1.29, 1.82) is 0 Å². The molecule has 2 heterocycles. The van der Waals surface area contributed by atoms with Crippen LogP contribution in [0.25, 0.3) is 0 Å². The Labute approximate surface area is 159 Å². The smallest absolute Gasteiger partial charge is 0.291 e. The highest BCUT2D eigenvalue weighted by Gasteiger charge is 2.19. The van der Waals surface area contributed by atoms with Gasteiger partial charge in [0.2, 0.25) is 0 Å². The Balaban J connectivity index is 1.59. The van der Waals surface area contributed by atoms with E-state index in [0.717, 1.165) is 35.8 Å². The van der Waals surface area contributed by atoms with Crippen molar-refractivity contribution < 1.29 is 15.0 Å². The average molecular weight is 363 g/mol. The van der Waals surface area contributed by atoms with Crippen LogP contribution in [0.15, 0.2) is 82.5 Å². The van der Waals surface area contributed by atoms with Crippen molar-refractivity contribution in [3.8, 4) is 0 Å². The van der Waals surface area contributed by atoms with Crippen LogP contribution >= 0.6 is 0 Å². The Morgan fingerprint density at radius 3 is 3.11 bits per heavy atom. The largest absolute Gasteiger partial charge is 0.496 e. The molecule has 1 aliphatic heterocycles. The zero-order valence-corrected chi connectivity index (χ0v) is 15.4. The number of nitrogens with zero attached hydrogens (tertiary/aromatic N) is 2. The minimum atomic E-state index is 0.230. The molecule has 0 fully saturated rings. The summed E-state index contributed by atoms with van der Waals surface area (Å²) in [5.41, 5.74) is 12.2. The molecule has 0 bridgehead atoms. The standard InChI is InChI=1S/C21H23N5O/c1-27-20-14-17(7-4-8-18(20)16-6-5-10-23-15-16)24-12-13-26-21(22)19-9-2-3-11-25-19/h2-6,8-11,14,16,24H,12-13,15H2,1H3,(H2,22,26)/p+2. The van der Waals surface area contributed by atoms with E-state index in [0.29, 0.717) is 12.4 Å². The number of amidine groups is 1. The number of aliphatic imine (C=N–C) groups is 1. The highest BCUT2D eigenvalue weighted by atomic mass is 16.5. The summed E-state index contributed by atoms with van der Waals surface area (Å²) in [6.45, 7) is 2.26. The van der Waals surface area contributed by atoms with Gasteiger partial charge >= 0.3 is 0 Å². The van der Waals surface area contributed by atoms with Gasteiger partial charge in [0.1, 0.15) is 18.8 Å². The van der Waals surface area contributed by atoms with Crippen LogP contribution in [-0.2, 0) is 4.74 Å². The number of rotatable bonds is 7. The SMILES string of the molecule is COC1=CC([NH2+]CC[NH+]=C(N)c2ccccn2)=C=CC=C1C1C=CC=NC1. The number of hydrogen-bond donors (Lipinski definition) is 3. The van der Waals surface area contributed by atoms with Crippen LogP contribution in [-0.4, -0.2) is 43.8 Å². The van der Waals surface area contributed by atoms with E-state index in [9.17, 15) is 0 Å². The van der Waals surface area contributed by atoms with E-state index in [1.165, 1.54) is 0 Å². The van der Waals surface area contributed by atoms with Crippen molar-refractivity contribution in [3.63, 3.8) is 0 Å².